The second-order valence-corrected chi connectivity index (χ2v) is 6.72. The molecule has 2 aliphatic heterocycles. The number of aliphatic hydroxyl groups excluding tert-OH is 1. The number of hydrogen-bond acceptors (Lipinski definition) is 5. The zero-order valence-electron chi connectivity index (χ0n) is 13.1. The molecule has 2 fully saturated rings. The first-order valence-corrected chi connectivity index (χ1v) is 8.20. The van der Waals surface area contributed by atoms with Gasteiger partial charge in [-0.15, -0.1) is 0 Å². The van der Waals surface area contributed by atoms with E-state index in [1.807, 2.05) is 30.3 Å². The van der Waals surface area contributed by atoms with Crippen molar-refractivity contribution in [3.05, 3.63) is 42.3 Å². The maximum absolute atomic E-state index is 9.87. The summed E-state index contributed by atoms with van der Waals surface area (Å²) in [6, 6.07) is 9.94. The molecule has 122 valence electrons. The van der Waals surface area contributed by atoms with Crippen molar-refractivity contribution in [3.63, 3.8) is 0 Å². The first kappa shape index (κ1) is 14.9. The van der Waals surface area contributed by atoms with E-state index in [1.165, 1.54) is 0 Å². The van der Waals surface area contributed by atoms with Crippen molar-refractivity contribution in [1.82, 2.24) is 9.88 Å². The minimum absolute atomic E-state index is 0.00421. The van der Waals surface area contributed by atoms with Gasteiger partial charge in [0.2, 0.25) is 5.89 Å². The van der Waals surface area contributed by atoms with Gasteiger partial charge in [0, 0.05) is 43.1 Å². The van der Waals surface area contributed by atoms with Gasteiger partial charge in [0.1, 0.15) is 6.26 Å². The zero-order chi connectivity index (χ0) is 15.7. The molecule has 3 heterocycles. The van der Waals surface area contributed by atoms with Crippen molar-refractivity contribution < 1.29 is 14.3 Å². The van der Waals surface area contributed by atoms with Gasteiger partial charge in [-0.05, 0) is 18.6 Å². The number of ether oxygens (including phenoxy) is 1. The van der Waals surface area contributed by atoms with E-state index in [-0.39, 0.29) is 12.0 Å². The lowest BCUT2D eigenvalue weighted by Gasteiger charge is -2.36. The largest absolute Gasteiger partial charge is 0.444 e. The predicted molar refractivity (Wildman–Crippen MR) is 85.7 cm³/mol. The Morgan fingerprint density at radius 1 is 1.30 bits per heavy atom. The van der Waals surface area contributed by atoms with Crippen LogP contribution in [0.5, 0.6) is 0 Å². The Morgan fingerprint density at radius 3 is 2.96 bits per heavy atom. The lowest BCUT2D eigenvalue weighted by molar-refractivity contribution is -0.0417. The average Bonchev–Trinajstić information content (AvgIpc) is 3.20. The standard InChI is InChI=1S/C18H22N2O3/c21-13-18-6-7-22-10-15(18)8-20(12-18)9-16-11-23-17(19-16)14-4-2-1-3-5-14/h1-5,11,15,21H,6-10,12-13H2/t15-,18-/m1/s1. The first-order chi connectivity index (χ1) is 11.3. The Hall–Kier alpha value is -1.69. The van der Waals surface area contributed by atoms with Crippen molar-refractivity contribution in [2.45, 2.75) is 13.0 Å². The maximum atomic E-state index is 9.87. The summed E-state index contributed by atoms with van der Waals surface area (Å²) in [5.41, 5.74) is 1.94. The van der Waals surface area contributed by atoms with Crippen LogP contribution in [-0.4, -0.2) is 47.9 Å². The summed E-state index contributed by atoms with van der Waals surface area (Å²) in [7, 11) is 0. The minimum atomic E-state index is 0.00421. The van der Waals surface area contributed by atoms with Crippen LogP contribution in [0.25, 0.3) is 11.5 Å². The van der Waals surface area contributed by atoms with Crippen LogP contribution in [0.3, 0.4) is 0 Å². The number of aromatic nitrogens is 1. The topological polar surface area (TPSA) is 58.7 Å². The van der Waals surface area contributed by atoms with Gasteiger partial charge in [0.25, 0.3) is 0 Å². The highest BCUT2D eigenvalue weighted by Gasteiger charge is 2.47. The molecule has 0 radical (unpaired) electrons. The SMILES string of the molecule is OC[C@]12CCOC[C@H]1CN(Cc1coc(-c3ccccc3)n1)C2. The molecule has 0 aliphatic carbocycles. The fourth-order valence-electron chi connectivity index (χ4n) is 3.86. The van der Waals surface area contributed by atoms with E-state index in [2.05, 4.69) is 9.88 Å². The van der Waals surface area contributed by atoms with Crippen molar-refractivity contribution in [2.24, 2.45) is 11.3 Å². The number of nitrogens with zero attached hydrogens (tertiary/aromatic N) is 2. The molecule has 23 heavy (non-hydrogen) atoms. The molecule has 0 spiro atoms. The fraction of sp³-hybridized carbons (Fsp3) is 0.500. The maximum Gasteiger partial charge on any atom is 0.226 e. The number of hydrogen-bond donors (Lipinski definition) is 1. The molecule has 2 saturated heterocycles. The highest BCUT2D eigenvalue weighted by molar-refractivity contribution is 5.52. The van der Waals surface area contributed by atoms with Gasteiger partial charge in [0.05, 0.1) is 18.9 Å². The Morgan fingerprint density at radius 2 is 2.17 bits per heavy atom. The van der Waals surface area contributed by atoms with Crippen LogP contribution < -0.4 is 0 Å². The van der Waals surface area contributed by atoms with Crippen LogP contribution in [0, 0.1) is 11.3 Å². The van der Waals surface area contributed by atoms with E-state index in [4.69, 9.17) is 9.15 Å². The number of rotatable bonds is 4. The van der Waals surface area contributed by atoms with Gasteiger partial charge >= 0.3 is 0 Å². The average molecular weight is 314 g/mol. The summed E-state index contributed by atoms with van der Waals surface area (Å²) in [4.78, 5) is 6.97. The number of oxazole rings is 1. The number of fused-ring (bicyclic) bond motifs is 1. The van der Waals surface area contributed by atoms with Crippen LogP contribution >= 0.6 is 0 Å². The lowest BCUT2D eigenvalue weighted by atomic mass is 9.75. The predicted octanol–water partition coefficient (Wildman–Crippen LogP) is 2.17. The summed E-state index contributed by atoms with van der Waals surface area (Å²) in [5.74, 6) is 1.08. The Balaban J connectivity index is 1.46. The van der Waals surface area contributed by atoms with Crippen molar-refractivity contribution >= 4 is 0 Å². The third kappa shape index (κ3) is 2.80. The third-order valence-electron chi connectivity index (χ3n) is 5.22. The second-order valence-electron chi connectivity index (χ2n) is 6.72. The quantitative estimate of drug-likeness (QED) is 0.937. The van der Waals surface area contributed by atoms with E-state index >= 15 is 0 Å². The van der Waals surface area contributed by atoms with E-state index in [0.29, 0.717) is 11.8 Å². The molecule has 0 bridgehead atoms. The second kappa shape index (κ2) is 6.07. The Bertz CT molecular complexity index is 657. The molecule has 5 nitrogen and oxygen atoms in total. The van der Waals surface area contributed by atoms with Crippen molar-refractivity contribution in [3.8, 4) is 11.5 Å². The van der Waals surface area contributed by atoms with E-state index in [1.54, 1.807) is 6.26 Å². The molecule has 2 aliphatic rings. The molecule has 0 saturated carbocycles. The monoisotopic (exact) mass is 314 g/mol. The van der Waals surface area contributed by atoms with Gasteiger partial charge < -0.3 is 14.3 Å². The van der Waals surface area contributed by atoms with Gasteiger partial charge in [-0.25, -0.2) is 4.98 Å². The van der Waals surface area contributed by atoms with Gasteiger partial charge in [-0.1, -0.05) is 18.2 Å². The van der Waals surface area contributed by atoms with Gasteiger partial charge in [-0.3, -0.25) is 4.90 Å². The van der Waals surface area contributed by atoms with Crippen LogP contribution in [0.1, 0.15) is 12.1 Å². The molecule has 2 aromatic rings. The molecule has 0 unspecified atom stereocenters. The normalized spacial score (nSPS) is 28.0. The number of aliphatic hydroxyl groups is 1. The molecular formula is C18H22N2O3. The molecule has 1 aromatic heterocycles. The van der Waals surface area contributed by atoms with Crippen LogP contribution in [0.2, 0.25) is 0 Å². The van der Waals surface area contributed by atoms with E-state index in [9.17, 15) is 5.11 Å². The van der Waals surface area contributed by atoms with Crippen LogP contribution in [0.4, 0.5) is 0 Å². The highest BCUT2D eigenvalue weighted by atomic mass is 16.5. The highest BCUT2D eigenvalue weighted by Crippen LogP contribution is 2.42. The minimum Gasteiger partial charge on any atom is -0.444 e. The molecule has 1 N–H and O–H groups in total. The molecule has 4 rings (SSSR count). The Labute approximate surface area is 135 Å². The summed E-state index contributed by atoms with van der Waals surface area (Å²) in [5, 5.41) is 9.87. The zero-order valence-corrected chi connectivity index (χ0v) is 13.1. The summed E-state index contributed by atoms with van der Waals surface area (Å²) < 4.78 is 11.2. The van der Waals surface area contributed by atoms with Gasteiger partial charge in [-0.2, -0.15) is 0 Å². The first-order valence-electron chi connectivity index (χ1n) is 8.20. The van der Waals surface area contributed by atoms with E-state index in [0.717, 1.165) is 50.5 Å². The summed E-state index contributed by atoms with van der Waals surface area (Å²) in [6.07, 6.45) is 2.69. The number of likely N-dealkylation sites (tertiary alicyclic amines) is 1. The number of benzene rings is 1. The van der Waals surface area contributed by atoms with Gasteiger partial charge in [0.15, 0.2) is 0 Å². The van der Waals surface area contributed by atoms with E-state index < -0.39 is 0 Å². The molecule has 2 atom stereocenters. The van der Waals surface area contributed by atoms with Crippen LogP contribution in [0.15, 0.2) is 41.0 Å². The smallest absolute Gasteiger partial charge is 0.226 e. The molecule has 0 amide bonds. The lowest BCUT2D eigenvalue weighted by Crippen LogP contribution is -2.41. The fourth-order valence-corrected chi connectivity index (χ4v) is 3.86. The van der Waals surface area contributed by atoms with Crippen molar-refractivity contribution in [1.29, 1.82) is 0 Å². The molecule has 1 aromatic carbocycles. The Kier molecular flexibility index (Phi) is 3.93. The molecule has 5 heteroatoms. The third-order valence-corrected chi connectivity index (χ3v) is 5.22. The molecular weight excluding hydrogens is 292 g/mol. The summed E-state index contributed by atoms with van der Waals surface area (Å²) in [6.45, 7) is 4.37. The summed E-state index contributed by atoms with van der Waals surface area (Å²) >= 11 is 0. The van der Waals surface area contributed by atoms with Crippen molar-refractivity contribution in [2.75, 3.05) is 32.9 Å². The van der Waals surface area contributed by atoms with Crippen LogP contribution in [-0.2, 0) is 11.3 Å².